The topological polar surface area (TPSA) is 50.4 Å². The van der Waals surface area contributed by atoms with E-state index in [-0.39, 0.29) is 5.69 Å². The summed E-state index contributed by atoms with van der Waals surface area (Å²) in [6.07, 6.45) is 0.00463. The molecule has 0 radical (unpaired) electrons. The van der Waals surface area contributed by atoms with Crippen molar-refractivity contribution in [3.8, 4) is 11.8 Å². The van der Waals surface area contributed by atoms with E-state index in [1.54, 1.807) is 26.8 Å². The number of amides is 1. The van der Waals surface area contributed by atoms with Crippen LogP contribution in [0.4, 0.5) is 14.9 Å². The average Bonchev–Trinajstić information content (AvgIpc) is 2.35. The van der Waals surface area contributed by atoms with Crippen LogP contribution in [-0.4, -0.2) is 25.3 Å². The average molecular weight is 292 g/mol. The van der Waals surface area contributed by atoms with Crippen LogP contribution in [0.15, 0.2) is 18.2 Å². The summed E-state index contributed by atoms with van der Waals surface area (Å²) in [6, 6.07) is 4.42. The van der Waals surface area contributed by atoms with Crippen molar-refractivity contribution < 1.29 is 13.9 Å². The largest absolute Gasteiger partial charge is 0.444 e. The number of carbonyl (C=O) groups is 1. The summed E-state index contributed by atoms with van der Waals surface area (Å²) in [5.74, 6) is 5.25. The third kappa shape index (κ3) is 6.77. The second-order valence-electron chi connectivity index (χ2n) is 5.48. The van der Waals surface area contributed by atoms with Crippen molar-refractivity contribution in [3.05, 3.63) is 29.6 Å². The molecule has 0 aliphatic carbocycles. The number of halogens is 1. The van der Waals surface area contributed by atoms with Gasteiger partial charge in [0.1, 0.15) is 11.4 Å². The van der Waals surface area contributed by atoms with Gasteiger partial charge in [-0.25, -0.2) is 9.18 Å². The standard InChI is InChI=1S/C16H21FN2O2/c1-16(2,3)21-15(20)19-14-9-8-12(11-13(14)17)7-5-6-10-18-4/h8-9,11,18H,6,10H2,1-4H3,(H,19,20). The molecular weight excluding hydrogens is 271 g/mol. The van der Waals surface area contributed by atoms with E-state index >= 15 is 0 Å². The van der Waals surface area contributed by atoms with Gasteiger partial charge in [-0.05, 0) is 46.0 Å². The Morgan fingerprint density at radius 3 is 2.67 bits per heavy atom. The van der Waals surface area contributed by atoms with E-state index in [4.69, 9.17) is 4.74 Å². The number of benzene rings is 1. The van der Waals surface area contributed by atoms with Gasteiger partial charge in [0.15, 0.2) is 0 Å². The molecule has 21 heavy (non-hydrogen) atoms. The maximum atomic E-state index is 13.9. The predicted molar refractivity (Wildman–Crippen MR) is 81.7 cm³/mol. The molecule has 4 nitrogen and oxygen atoms in total. The van der Waals surface area contributed by atoms with Crippen molar-refractivity contribution >= 4 is 11.8 Å². The van der Waals surface area contributed by atoms with Gasteiger partial charge < -0.3 is 10.1 Å². The molecule has 0 spiro atoms. The fraction of sp³-hybridized carbons (Fsp3) is 0.438. The third-order valence-electron chi connectivity index (χ3n) is 2.34. The van der Waals surface area contributed by atoms with Crippen molar-refractivity contribution in [2.24, 2.45) is 0 Å². The first-order valence-electron chi connectivity index (χ1n) is 6.75. The summed E-state index contributed by atoms with van der Waals surface area (Å²) < 4.78 is 18.9. The molecule has 114 valence electrons. The lowest BCUT2D eigenvalue weighted by Crippen LogP contribution is -2.27. The molecule has 1 rings (SSSR count). The summed E-state index contributed by atoms with van der Waals surface area (Å²) in [5.41, 5.74) is 0.0163. The normalized spacial score (nSPS) is 10.5. The number of anilines is 1. The van der Waals surface area contributed by atoms with Gasteiger partial charge in [0.05, 0.1) is 5.69 Å². The number of hydrogen-bond donors (Lipinski definition) is 2. The monoisotopic (exact) mass is 292 g/mol. The second-order valence-corrected chi connectivity index (χ2v) is 5.48. The Balaban J connectivity index is 2.69. The molecule has 0 heterocycles. The van der Waals surface area contributed by atoms with Gasteiger partial charge in [0.2, 0.25) is 0 Å². The van der Waals surface area contributed by atoms with Crippen molar-refractivity contribution in [3.63, 3.8) is 0 Å². The maximum absolute atomic E-state index is 13.9. The summed E-state index contributed by atoms with van der Waals surface area (Å²) in [5, 5.41) is 5.35. The van der Waals surface area contributed by atoms with Crippen molar-refractivity contribution in [2.45, 2.75) is 32.8 Å². The van der Waals surface area contributed by atoms with Crippen molar-refractivity contribution in [1.82, 2.24) is 5.32 Å². The minimum Gasteiger partial charge on any atom is -0.444 e. The summed E-state index contributed by atoms with van der Waals surface area (Å²) in [6.45, 7) is 6.01. The Hall–Kier alpha value is -2.06. The van der Waals surface area contributed by atoms with Crippen LogP contribution in [-0.2, 0) is 4.74 Å². The first-order valence-corrected chi connectivity index (χ1v) is 6.75. The molecule has 0 bridgehead atoms. The fourth-order valence-electron chi connectivity index (χ4n) is 1.46. The third-order valence-corrected chi connectivity index (χ3v) is 2.34. The van der Waals surface area contributed by atoms with E-state index < -0.39 is 17.5 Å². The van der Waals surface area contributed by atoms with E-state index in [9.17, 15) is 9.18 Å². The van der Waals surface area contributed by atoms with Crippen LogP contribution in [0.5, 0.6) is 0 Å². The zero-order valence-corrected chi connectivity index (χ0v) is 12.8. The summed E-state index contributed by atoms with van der Waals surface area (Å²) in [4.78, 5) is 11.6. The highest BCUT2D eigenvalue weighted by atomic mass is 19.1. The van der Waals surface area contributed by atoms with E-state index in [0.29, 0.717) is 12.0 Å². The molecule has 0 aliphatic heterocycles. The van der Waals surface area contributed by atoms with Gasteiger partial charge in [0.25, 0.3) is 0 Å². The molecule has 1 aromatic rings. The minimum absolute atomic E-state index is 0.0741. The zero-order valence-electron chi connectivity index (χ0n) is 12.8. The quantitative estimate of drug-likeness (QED) is 0.664. The van der Waals surface area contributed by atoms with Gasteiger partial charge in [0, 0.05) is 18.5 Å². The summed E-state index contributed by atoms with van der Waals surface area (Å²) in [7, 11) is 1.85. The number of carbonyl (C=O) groups excluding carboxylic acids is 1. The number of rotatable bonds is 3. The molecule has 0 fully saturated rings. The highest BCUT2D eigenvalue weighted by Gasteiger charge is 2.17. The zero-order chi connectivity index (χ0) is 15.9. The van der Waals surface area contributed by atoms with Gasteiger partial charge in [-0.2, -0.15) is 0 Å². The van der Waals surface area contributed by atoms with Crippen LogP contribution in [0.1, 0.15) is 32.8 Å². The molecule has 0 aromatic heterocycles. The van der Waals surface area contributed by atoms with Gasteiger partial charge >= 0.3 is 6.09 Å². The lowest BCUT2D eigenvalue weighted by atomic mass is 10.2. The first kappa shape index (κ1) is 17.0. The van der Waals surface area contributed by atoms with Gasteiger partial charge in [-0.15, -0.1) is 0 Å². The lowest BCUT2D eigenvalue weighted by Gasteiger charge is -2.19. The first-order chi connectivity index (χ1) is 9.81. The molecule has 1 aromatic carbocycles. The van der Waals surface area contributed by atoms with Crippen LogP contribution in [0.3, 0.4) is 0 Å². The molecule has 0 unspecified atom stereocenters. The molecule has 0 saturated carbocycles. The van der Waals surface area contributed by atoms with E-state index in [1.807, 2.05) is 7.05 Å². The molecule has 2 N–H and O–H groups in total. The molecule has 5 heteroatoms. The Morgan fingerprint density at radius 1 is 1.38 bits per heavy atom. The molecule has 0 saturated heterocycles. The number of nitrogens with one attached hydrogen (secondary N) is 2. The highest BCUT2D eigenvalue weighted by molar-refractivity contribution is 5.85. The molecule has 0 atom stereocenters. The van der Waals surface area contributed by atoms with Gasteiger partial charge in [-0.1, -0.05) is 11.8 Å². The molecule has 0 aliphatic rings. The second kappa shape index (κ2) is 7.65. The Morgan fingerprint density at radius 2 is 2.10 bits per heavy atom. The Labute approximate surface area is 125 Å². The molecule has 1 amide bonds. The lowest BCUT2D eigenvalue weighted by molar-refractivity contribution is 0.0635. The Bertz CT molecular complexity index is 554. The predicted octanol–water partition coefficient (Wildman–Crippen LogP) is 3.13. The van der Waals surface area contributed by atoms with E-state index in [0.717, 1.165) is 6.54 Å². The van der Waals surface area contributed by atoms with Crippen LogP contribution < -0.4 is 10.6 Å². The van der Waals surface area contributed by atoms with E-state index in [2.05, 4.69) is 22.5 Å². The number of ether oxygens (including phenoxy) is 1. The van der Waals surface area contributed by atoms with Gasteiger partial charge in [-0.3, -0.25) is 5.32 Å². The van der Waals surface area contributed by atoms with E-state index in [1.165, 1.54) is 12.1 Å². The van der Waals surface area contributed by atoms with Crippen LogP contribution >= 0.6 is 0 Å². The minimum atomic E-state index is -0.686. The summed E-state index contributed by atoms with van der Waals surface area (Å²) >= 11 is 0. The Kier molecular flexibility index (Phi) is 6.19. The number of hydrogen-bond acceptors (Lipinski definition) is 3. The smallest absolute Gasteiger partial charge is 0.412 e. The van der Waals surface area contributed by atoms with Crippen molar-refractivity contribution in [2.75, 3.05) is 18.9 Å². The SMILES string of the molecule is CNCCC#Cc1ccc(NC(=O)OC(C)(C)C)c(F)c1. The highest BCUT2D eigenvalue weighted by Crippen LogP contribution is 2.17. The van der Waals surface area contributed by atoms with Crippen LogP contribution in [0.2, 0.25) is 0 Å². The molecular formula is C16H21FN2O2. The fourth-order valence-corrected chi connectivity index (χ4v) is 1.46. The van der Waals surface area contributed by atoms with Crippen LogP contribution in [0, 0.1) is 17.7 Å². The van der Waals surface area contributed by atoms with Crippen molar-refractivity contribution in [1.29, 1.82) is 0 Å². The maximum Gasteiger partial charge on any atom is 0.412 e. The van der Waals surface area contributed by atoms with Crippen LogP contribution in [0.25, 0.3) is 0 Å².